The standard InChI is InChI=1S/C15H26N2O.ClH/c18-15(12-6-8-16-9-7-12)17-14-10-13(14)11-4-2-1-3-5-11;/h11-14,16H,1-10H2,(H,17,18);1H. The summed E-state index contributed by atoms with van der Waals surface area (Å²) in [6.07, 6.45) is 10.4. The molecule has 3 fully saturated rings. The summed E-state index contributed by atoms with van der Waals surface area (Å²) >= 11 is 0. The molecule has 0 bridgehead atoms. The number of amides is 1. The van der Waals surface area contributed by atoms with Gasteiger partial charge in [0.05, 0.1) is 0 Å². The van der Waals surface area contributed by atoms with Crippen molar-refractivity contribution < 1.29 is 4.79 Å². The molecular formula is C15H27ClN2O. The predicted octanol–water partition coefficient (Wildman–Crippen LogP) is 2.49. The maximum Gasteiger partial charge on any atom is 0.223 e. The Bertz CT molecular complexity index is 299. The molecule has 0 aromatic heterocycles. The summed E-state index contributed by atoms with van der Waals surface area (Å²) < 4.78 is 0. The molecule has 2 atom stereocenters. The highest BCUT2D eigenvalue weighted by molar-refractivity contribution is 5.85. The van der Waals surface area contributed by atoms with Gasteiger partial charge in [-0.25, -0.2) is 0 Å². The van der Waals surface area contributed by atoms with Gasteiger partial charge in [-0.2, -0.15) is 0 Å². The molecule has 3 rings (SSSR count). The Morgan fingerprint density at radius 3 is 2.37 bits per heavy atom. The number of hydrogen-bond acceptors (Lipinski definition) is 2. The van der Waals surface area contributed by atoms with Crippen molar-refractivity contribution in [2.45, 2.75) is 57.4 Å². The molecule has 2 aliphatic carbocycles. The Hall–Kier alpha value is -0.280. The van der Waals surface area contributed by atoms with Gasteiger partial charge in [0.2, 0.25) is 5.91 Å². The van der Waals surface area contributed by atoms with E-state index in [9.17, 15) is 4.79 Å². The number of nitrogens with one attached hydrogen (secondary N) is 2. The van der Waals surface area contributed by atoms with Gasteiger partial charge in [-0.1, -0.05) is 32.1 Å². The van der Waals surface area contributed by atoms with E-state index in [2.05, 4.69) is 10.6 Å². The number of piperidine rings is 1. The minimum absolute atomic E-state index is 0. The second-order valence-electron chi connectivity index (χ2n) is 6.44. The fourth-order valence-corrected chi connectivity index (χ4v) is 3.85. The van der Waals surface area contributed by atoms with Crippen molar-refractivity contribution in [1.29, 1.82) is 0 Å². The lowest BCUT2D eigenvalue weighted by Crippen LogP contribution is -2.39. The Morgan fingerprint density at radius 1 is 1.00 bits per heavy atom. The number of carbonyl (C=O) groups is 1. The molecule has 110 valence electrons. The molecule has 1 saturated heterocycles. The van der Waals surface area contributed by atoms with Gasteiger partial charge >= 0.3 is 0 Å². The largest absolute Gasteiger partial charge is 0.353 e. The number of carbonyl (C=O) groups excluding carboxylic acids is 1. The van der Waals surface area contributed by atoms with Gasteiger partial charge < -0.3 is 10.6 Å². The van der Waals surface area contributed by atoms with Crippen LogP contribution in [0.2, 0.25) is 0 Å². The first-order chi connectivity index (χ1) is 8.84. The van der Waals surface area contributed by atoms with Gasteiger partial charge in [0.25, 0.3) is 0 Å². The SMILES string of the molecule is Cl.O=C(NC1CC1C1CCCCC1)C1CCNCC1. The highest BCUT2D eigenvalue weighted by Gasteiger charge is 2.44. The summed E-state index contributed by atoms with van der Waals surface area (Å²) in [6, 6.07) is 0.524. The average molecular weight is 287 g/mol. The van der Waals surface area contributed by atoms with Crippen molar-refractivity contribution in [3.63, 3.8) is 0 Å². The number of halogens is 1. The van der Waals surface area contributed by atoms with Gasteiger partial charge in [0, 0.05) is 12.0 Å². The van der Waals surface area contributed by atoms with Crippen molar-refractivity contribution in [3.05, 3.63) is 0 Å². The minimum Gasteiger partial charge on any atom is -0.353 e. The van der Waals surface area contributed by atoms with Crippen LogP contribution in [0, 0.1) is 17.8 Å². The van der Waals surface area contributed by atoms with Crippen LogP contribution in [-0.2, 0) is 4.79 Å². The zero-order valence-corrected chi connectivity index (χ0v) is 12.5. The van der Waals surface area contributed by atoms with Crippen molar-refractivity contribution in [3.8, 4) is 0 Å². The fourth-order valence-electron chi connectivity index (χ4n) is 3.85. The monoisotopic (exact) mass is 286 g/mol. The Morgan fingerprint density at radius 2 is 1.68 bits per heavy atom. The molecule has 0 aromatic carbocycles. The van der Waals surface area contributed by atoms with E-state index < -0.39 is 0 Å². The van der Waals surface area contributed by atoms with Crippen LogP contribution in [0.4, 0.5) is 0 Å². The molecule has 2 saturated carbocycles. The molecule has 1 amide bonds. The molecule has 0 aromatic rings. The third-order valence-electron chi connectivity index (χ3n) is 5.13. The lowest BCUT2D eigenvalue weighted by atomic mass is 9.85. The third kappa shape index (κ3) is 3.85. The molecule has 1 aliphatic heterocycles. The lowest BCUT2D eigenvalue weighted by molar-refractivity contribution is -0.126. The maximum atomic E-state index is 12.1. The van der Waals surface area contributed by atoms with Gasteiger partial charge in [0.1, 0.15) is 0 Å². The first-order valence-corrected chi connectivity index (χ1v) is 7.85. The van der Waals surface area contributed by atoms with E-state index in [4.69, 9.17) is 0 Å². The van der Waals surface area contributed by atoms with E-state index in [1.165, 1.54) is 38.5 Å². The molecule has 4 heteroatoms. The minimum atomic E-state index is 0. The summed E-state index contributed by atoms with van der Waals surface area (Å²) in [6.45, 7) is 2.02. The molecule has 2 N–H and O–H groups in total. The molecule has 3 aliphatic rings. The predicted molar refractivity (Wildman–Crippen MR) is 79.5 cm³/mol. The van der Waals surface area contributed by atoms with Gasteiger partial charge in [0.15, 0.2) is 0 Å². The zero-order chi connectivity index (χ0) is 12.4. The van der Waals surface area contributed by atoms with E-state index in [0.717, 1.165) is 37.8 Å². The molecule has 19 heavy (non-hydrogen) atoms. The number of rotatable bonds is 3. The first kappa shape index (κ1) is 15.1. The van der Waals surface area contributed by atoms with Crippen LogP contribution in [-0.4, -0.2) is 25.0 Å². The van der Waals surface area contributed by atoms with Crippen LogP contribution in [0.5, 0.6) is 0 Å². The normalized spacial score (nSPS) is 32.4. The van der Waals surface area contributed by atoms with E-state index in [0.29, 0.717) is 11.9 Å². The van der Waals surface area contributed by atoms with Gasteiger partial charge in [-0.3, -0.25) is 4.79 Å². The van der Waals surface area contributed by atoms with E-state index >= 15 is 0 Å². The summed E-state index contributed by atoms with van der Waals surface area (Å²) in [5, 5.41) is 6.62. The van der Waals surface area contributed by atoms with Crippen molar-refractivity contribution in [2.24, 2.45) is 17.8 Å². The molecule has 0 spiro atoms. The lowest BCUT2D eigenvalue weighted by Gasteiger charge is -2.23. The van der Waals surface area contributed by atoms with Crippen molar-refractivity contribution in [1.82, 2.24) is 10.6 Å². The van der Waals surface area contributed by atoms with Crippen molar-refractivity contribution in [2.75, 3.05) is 13.1 Å². The molecule has 0 radical (unpaired) electrons. The topological polar surface area (TPSA) is 41.1 Å². The Kier molecular flexibility index (Phi) is 5.52. The van der Waals surface area contributed by atoms with E-state index in [1.54, 1.807) is 0 Å². The molecule has 3 nitrogen and oxygen atoms in total. The van der Waals surface area contributed by atoms with Crippen LogP contribution in [0.15, 0.2) is 0 Å². The fraction of sp³-hybridized carbons (Fsp3) is 0.933. The van der Waals surface area contributed by atoms with Crippen LogP contribution in [0.25, 0.3) is 0 Å². The summed E-state index contributed by atoms with van der Waals surface area (Å²) in [7, 11) is 0. The molecule has 1 heterocycles. The van der Waals surface area contributed by atoms with Gasteiger partial charge in [-0.15, -0.1) is 12.4 Å². The summed E-state index contributed by atoms with van der Waals surface area (Å²) in [5.41, 5.74) is 0. The Balaban J connectivity index is 0.00000133. The average Bonchev–Trinajstić information content (AvgIpc) is 3.20. The van der Waals surface area contributed by atoms with E-state index in [1.807, 2.05) is 0 Å². The summed E-state index contributed by atoms with van der Waals surface area (Å²) in [4.78, 5) is 12.1. The first-order valence-electron chi connectivity index (χ1n) is 7.85. The zero-order valence-electron chi connectivity index (χ0n) is 11.7. The second kappa shape index (κ2) is 6.94. The third-order valence-corrected chi connectivity index (χ3v) is 5.13. The number of hydrogen-bond donors (Lipinski definition) is 2. The smallest absolute Gasteiger partial charge is 0.223 e. The highest BCUT2D eigenvalue weighted by Crippen LogP contribution is 2.44. The highest BCUT2D eigenvalue weighted by atomic mass is 35.5. The molecular weight excluding hydrogens is 260 g/mol. The van der Waals surface area contributed by atoms with Crippen LogP contribution in [0.1, 0.15) is 51.4 Å². The van der Waals surface area contributed by atoms with Crippen LogP contribution >= 0.6 is 12.4 Å². The van der Waals surface area contributed by atoms with E-state index in [-0.39, 0.29) is 18.3 Å². The van der Waals surface area contributed by atoms with Gasteiger partial charge in [-0.05, 0) is 44.2 Å². The Labute approximate surface area is 122 Å². The molecule has 2 unspecified atom stereocenters. The van der Waals surface area contributed by atoms with Crippen molar-refractivity contribution >= 4 is 18.3 Å². The van der Waals surface area contributed by atoms with Crippen LogP contribution in [0.3, 0.4) is 0 Å². The quantitative estimate of drug-likeness (QED) is 0.837. The summed E-state index contributed by atoms with van der Waals surface area (Å²) in [5.74, 6) is 2.34. The maximum absolute atomic E-state index is 12.1. The second-order valence-corrected chi connectivity index (χ2v) is 6.44. The van der Waals surface area contributed by atoms with Crippen LogP contribution < -0.4 is 10.6 Å².